The van der Waals surface area contributed by atoms with Crippen LogP contribution in [0, 0.1) is 33.6 Å². The zero-order chi connectivity index (χ0) is 32.4. The van der Waals surface area contributed by atoms with Crippen molar-refractivity contribution in [3.8, 4) is 0 Å². The highest BCUT2D eigenvalue weighted by atomic mass is 28.3. The van der Waals surface area contributed by atoms with Gasteiger partial charge in [-0.15, -0.1) is 0 Å². The summed E-state index contributed by atoms with van der Waals surface area (Å²) >= 11 is 0. The van der Waals surface area contributed by atoms with Crippen LogP contribution >= 0.6 is 0 Å². The summed E-state index contributed by atoms with van der Waals surface area (Å²) < 4.78 is 0. The van der Waals surface area contributed by atoms with Gasteiger partial charge >= 0.3 is 0 Å². The summed E-state index contributed by atoms with van der Waals surface area (Å²) in [5.74, 6) is 0.412. The molecule has 1 aliphatic rings. The molecule has 0 spiro atoms. The highest BCUT2D eigenvalue weighted by Gasteiger charge is 2.33. The van der Waals surface area contributed by atoms with Gasteiger partial charge in [0.15, 0.2) is 0 Å². The fourth-order valence-electron chi connectivity index (χ4n) is 7.86. The van der Waals surface area contributed by atoms with Crippen LogP contribution in [0.1, 0.15) is 70.8 Å². The molecule has 0 nitrogen and oxygen atoms in total. The monoisotopic (exact) mass is 616 g/mol. The first-order valence-electron chi connectivity index (χ1n) is 16.9. The standard InChI is InChI=1S/C45H48Si/c1-30-18-31(2)21-42(20-30)46(43-22-32(3)19-33(4)23-43)29-44-35(6)34(5)36(7)45(44)41-27-39(24-37-14-10-8-11-15-37)26-40(28-41)25-38-16-12-9-13-17-38/h8-23,26-28,44,46H,24-25,29H2,1-7H3. The molecule has 0 aromatic heterocycles. The highest BCUT2D eigenvalue weighted by Crippen LogP contribution is 2.45. The third kappa shape index (κ3) is 7.11. The predicted octanol–water partition coefficient (Wildman–Crippen LogP) is 9.88. The lowest BCUT2D eigenvalue weighted by Crippen LogP contribution is -2.44. The number of allylic oxidation sites excluding steroid dienone is 4. The van der Waals surface area contributed by atoms with Crippen molar-refractivity contribution < 1.29 is 0 Å². The lowest BCUT2D eigenvalue weighted by atomic mass is 9.87. The summed E-state index contributed by atoms with van der Waals surface area (Å²) in [6, 6.07) is 45.1. The molecule has 1 heteroatoms. The maximum atomic E-state index is 2.50. The molecule has 0 N–H and O–H groups in total. The van der Waals surface area contributed by atoms with Gasteiger partial charge in [0.05, 0.1) is 0 Å². The molecule has 46 heavy (non-hydrogen) atoms. The van der Waals surface area contributed by atoms with Gasteiger partial charge < -0.3 is 0 Å². The molecule has 1 atom stereocenters. The van der Waals surface area contributed by atoms with Gasteiger partial charge in [-0.2, -0.15) is 0 Å². The Bertz CT molecular complexity index is 1770. The van der Waals surface area contributed by atoms with E-state index in [-0.39, 0.29) is 0 Å². The maximum Gasteiger partial charge on any atom is 0.104 e. The van der Waals surface area contributed by atoms with Gasteiger partial charge in [0.1, 0.15) is 8.80 Å². The predicted molar refractivity (Wildman–Crippen MR) is 202 cm³/mol. The molecule has 0 amide bonds. The molecule has 0 bridgehead atoms. The van der Waals surface area contributed by atoms with Crippen molar-refractivity contribution in [3.63, 3.8) is 0 Å². The van der Waals surface area contributed by atoms with E-state index in [1.54, 1.807) is 21.5 Å². The molecule has 6 rings (SSSR count). The summed E-state index contributed by atoms with van der Waals surface area (Å²) in [6.45, 7) is 16.2. The first-order valence-corrected chi connectivity index (χ1v) is 18.9. The zero-order valence-electron chi connectivity index (χ0n) is 28.7. The van der Waals surface area contributed by atoms with E-state index in [0.29, 0.717) is 5.92 Å². The molecule has 5 aromatic rings. The Morgan fingerprint density at radius 3 is 1.33 bits per heavy atom. The Balaban J connectivity index is 1.46. The molecule has 0 heterocycles. The van der Waals surface area contributed by atoms with Crippen LogP contribution in [0.5, 0.6) is 0 Å². The van der Waals surface area contributed by atoms with Crippen molar-refractivity contribution >= 4 is 24.7 Å². The Morgan fingerprint density at radius 1 is 0.457 bits per heavy atom. The third-order valence-electron chi connectivity index (χ3n) is 10.1. The molecule has 0 radical (unpaired) electrons. The lowest BCUT2D eigenvalue weighted by Gasteiger charge is -2.26. The van der Waals surface area contributed by atoms with Gasteiger partial charge in [0.2, 0.25) is 0 Å². The second-order valence-corrected chi connectivity index (χ2v) is 16.8. The second kappa shape index (κ2) is 13.7. The van der Waals surface area contributed by atoms with Crippen LogP contribution in [0.2, 0.25) is 6.04 Å². The minimum Gasteiger partial charge on any atom is -0.0629 e. The Labute approximate surface area is 279 Å². The molecule has 5 aromatic carbocycles. The van der Waals surface area contributed by atoms with Crippen LogP contribution < -0.4 is 10.4 Å². The molecule has 0 saturated heterocycles. The van der Waals surface area contributed by atoms with E-state index >= 15 is 0 Å². The highest BCUT2D eigenvalue weighted by molar-refractivity contribution is 6.85. The van der Waals surface area contributed by atoms with Gasteiger partial charge in [-0.3, -0.25) is 0 Å². The molecule has 0 saturated carbocycles. The fourth-order valence-corrected chi connectivity index (χ4v) is 11.7. The number of hydrogen-bond donors (Lipinski definition) is 0. The summed E-state index contributed by atoms with van der Waals surface area (Å²) in [7, 11) is -1.58. The molecular weight excluding hydrogens is 569 g/mol. The summed E-state index contributed by atoms with van der Waals surface area (Å²) in [5.41, 5.74) is 18.5. The smallest absolute Gasteiger partial charge is 0.0629 e. The SMILES string of the molecule is CC1=C(C)C(C[SiH](c2cc(C)cc(C)c2)c2cc(C)cc(C)c2)C(c2cc(Cc3ccccc3)cc(Cc3ccccc3)c2)=C1C. The molecule has 0 fully saturated rings. The molecule has 232 valence electrons. The van der Waals surface area contributed by atoms with E-state index < -0.39 is 8.80 Å². The average molecular weight is 617 g/mol. The van der Waals surface area contributed by atoms with E-state index in [4.69, 9.17) is 0 Å². The van der Waals surface area contributed by atoms with Gasteiger partial charge in [-0.05, 0) is 112 Å². The maximum absolute atomic E-state index is 2.50. The van der Waals surface area contributed by atoms with E-state index in [0.717, 1.165) is 12.8 Å². The minimum absolute atomic E-state index is 0.412. The van der Waals surface area contributed by atoms with Gasteiger partial charge in [0.25, 0.3) is 0 Å². The number of benzene rings is 5. The quantitative estimate of drug-likeness (QED) is 0.145. The van der Waals surface area contributed by atoms with Gasteiger partial charge in [0, 0.05) is 5.92 Å². The van der Waals surface area contributed by atoms with Crippen molar-refractivity contribution in [1.82, 2.24) is 0 Å². The molecule has 1 unspecified atom stereocenters. The molecule has 0 aliphatic heterocycles. The van der Waals surface area contributed by atoms with Crippen molar-refractivity contribution in [2.75, 3.05) is 0 Å². The first kappa shape index (κ1) is 31.8. The van der Waals surface area contributed by atoms with Gasteiger partial charge in [-0.25, -0.2) is 0 Å². The number of aryl methyl sites for hydroxylation is 4. The van der Waals surface area contributed by atoms with Crippen LogP contribution in [0.3, 0.4) is 0 Å². The van der Waals surface area contributed by atoms with Gasteiger partial charge in [-0.1, -0.05) is 153 Å². The fraction of sp³-hybridized carbons (Fsp3) is 0.244. The largest absolute Gasteiger partial charge is 0.104 e. The van der Waals surface area contributed by atoms with E-state index in [2.05, 4.69) is 164 Å². The number of rotatable bonds is 9. The average Bonchev–Trinajstić information content (AvgIpc) is 3.22. The van der Waals surface area contributed by atoms with Crippen molar-refractivity contribution in [3.05, 3.63) is 182 Å². The first-order chi connectivity index (χ1) is 22.1. The summed E-state index contributed by atoms with van der Waals surface area (Å²) in [6.07, 6.45) is 1.89. The molecule has 1 aliphatic carbocycles. The van der Waals surface area contributed by atoms with Crippen LogP contribution in [-0.2, 0) is 12.8 Å². The Hall–Kier alpha value is -4.20. The molecular formula is C45H48Si. The zero-order valence-corrected chi connectivity index (χ0v) is 29.9. The van der Waals surface area contributed by atoms with E-state index in [9.17, 15) is 0 Å². The topological polar surface area (TPSA) is 0 Å². The Morgan fingerprint density at radius 2 is 0.891 bits per heavy atom. The Kier molecular flexibility index (Phi) is 9.43. The van der Waals surface area contributed by atoms with Crippen molar-refractivity contribution in [2.24, 2.45) is 5.92 Å². The van der Waals surface area contributed by atoms with Crippen LogP contribution in [-0.4, -0.2) is 8.80 Å². The summed E-state index contributed by atoms with van der Waals surface area (Å²) in [5, 5.41) is 3.14. The van der Waals surface area contributed by atoms with Crippen LogP contribution in [0.4, 0.5) is 0 Å². The normalized spacial score (nSPS) is 14.9. The van der Waals surface area contributed by atoms with Crippen LogP contribution in [0.15, 0.2) is 132 Å². The summed E-state index contributed by atoms with van der Waals surface area (Å²) in [4.78, 5) is 0. The van der Waals surface area contributed by atoms with Crippen LogP contribution in [0.25, 0.3) is 5.57 Å². The van der Waals surface area contributed by atoms with E-state index in [1.807, 2.05) is 0 Å². The van der Waals surface area contributed by atoms with Crippen molar-refractivity contribution in [1.29, 1.82) is 0 Å². The van der Waals surface area contributed by atoms with E-state index in [1.165, 1.54) is 67.3 Å². The third-order valence-corrected chi connectivity index (χ3v) is 13.3. The number of hydrogen-bond acceptors (Lipinski definition) is 0. The lowest BCUT2D eigenvalue weighted by molar-refractivity contribution is 0.883. The second-order valence-electron chi connectivity index (χ2n) is 13.9. The minimum atomic E-state index is -1.58. The van der Waals surface area contributed by atoms with Crippen molar-refractivity contribution in [2.45, 2.75) is 67.4 Å².